The van der Waals surface area contributed by atoms with E-state index in [0.717, 1.165) is 10.0 Å². The summed E-state index contributed by atoms with van der Waals surface area (Å²) in [7, 11) is 0. The van der Waals surface area contributed by atoms with Crippen LogP contribution in [0.3, 0.4) is 0 Å². The molecule has 0 fully saturated rings. The molecular weight excluding hydrogens is 466 g/mol. The van der Waals surface area contributed by atoms with Gasteiger partial charge in [-0.15, -0.1) is 0 Å². The Morgan fingerprint density at radius 1 is 0.967 bits per heavy atom. The van der Waals surface area contributed by atoms with E-state index in [-0.39, 0.29) is 5.76 Å². The Kier molecular flexibility index (Phi) is 6.04. The van der Waals surface area contributed by atoms with Gasteiger partial charge in [-0.3, -0.25) is 4.79 Å². The minimum Gasteiger partial charge on any atom is -0.451 e. The summed E-state index contributed by atoms with van der Waals surface area (Å²) < 4.78 is 6.64. The zero-order valence-electron chi connectivity index (χ0n) is 15.7. The van der Waals surface area contributed by atoms with Crippen LogP contribution < -0.4 is 5.32 Å². The molecule has 0 radical (unpaired) electrons. The molecule has 4 nitrogen and oxygen atoms in total. The van der Waals surface area contributed by atoms with Crippen molar-refractivity contribution in [1.29, 1.82) is 0 Å². The maximum absolute atomic E-state index is 12.8. The molecule has 30 heavy (non-hydrogen) atoms. The average molecular weight is 483 g/mol. The predicted octanol–water partition coefficient (Wildman–Crippen LogP) is 6.70. The van der Waals surface area contributed by atoms with Crippen molar-refractivity contribution in [3.63, 3.8) is 0 Å². The average Bonchev–Trinajstić information content (AvgIpc) is 3.25. The number of halogens is 2. The van der Waals surface area contributed by atoms with Crippen LogP contribution in [0.4, 0.5) is 5.69 Å². The minimum absolute atomic E-state index is 0.163. The third-order valence-corrected chi connectivity index (χ3v) is 5.57. The second kappa shape index (κ2) is 8.88. The first-order chi connectivity index (χ1) is 14.5. The molecule has 4 rings (SSSR count). The van der Waals surface area contributed by atoms with Gasteiger partial charge in [0.2, 0.25) is 0 Å². The second-order valence-corrected chi connectivity index (χ2v) is 7.93. The normalized spacial score (nSPS) is 11.8. The summed E-state index contributed by atoms with van der Waals surface area (Å²) >= 11 is 9.63. The number of aliphatic hydroxyl groups excluding tert-OH is 1. The van der Waals surface area contributed by atoms with Crippen molar-refractivity contribution >= 4 is 39.1 Å². The number of benzene rings is 3. The van der Waals surface area contributed by atoms with Crippen LogP contribution in [-0.2, 0) is 0 Å². The highest BCUT2D eigenvalue weighted by Crippen LogP contribution is 2.32. The first kappa shape index (κ1) is 20.4. The number of aliphatic hydroxyl groups is 1. The van der Waals surface area contributed by atoms with Crippen LogP contribution in [0.1, 0.15) is 27.8 Å². The predicted molar refractivity (Wildman–Crippen MR) is 122 cm³/mol. The van der Waals surface area contributed by atoms with Crippen molar-refractivity contribution in [3.05, 3.63) is 111 Å². The highest BCUT2D eigenvalue weighted by atomic mass is 79.9. The monoisotopic (exact) mass is 481 g/mol. The maximum Gasteiger partial charge on any atom is 0.291 e. The van der Waals surface area contributed by atoms with Gasteiger partial charge < -0.3 is 14.8 Å². The topological polar surface area (TPSA) is 62.5 Å². The quantitative estimate of drug-likeness (QED) is 0.333. The van der Waals surface area contributed by atoms with Gasteiger partial charge in [0, 0.05) is 26.3 Å². The van der Waals surface area contributed by atoms with Crippen LogP contribution in [0, 0.1) is 0 Å². The lowest BCUT2D eigenvalue weighted by Crippen LogP contribution is -2.14. The third kappa shape index (κ3) is 4.33. The fourth-order valence-electron chi connectivity index (χ4n) is 3.14. The van der Waals surface area contributed by atoms with E-state index in [9.17, 15) is 9.90 Å². The highest BCUT2D eigenvalue weighted by molar-refractivity contribution is 9.10. The molecule has 1 amide bonds. The van der Waals surface area contributed by atoms with Gasteiger partial charge in [0.25, 0.3) is 5.91 Å². The third-order valence-electron chi connectivity index (χ3n) is 4.64. The van der Waals surface area contributed by atoms with Crippen molar-refractivity contribution in [1.82, 2.24) is 0 Å². The fraction of sp³-hybridized carbons (Fsp3) is 0.0417. The zero-order chi connectivity index (χ0) is 21.1. The first-order valence-corrected chi connectivity index (χ1v) is 10.4. The molecule has 1 aromatic heterocycles. The summed E-state index contributed by atoms with van der Waals surface area (Å²) in [4.78, 5) is 12.8. The van der Waals surface area contributed by atoms with Gasteiger partial charge >= 0.3 is 0 Å². The van der Waals surface area contributed by atoms with E-state index in [2.05, 4.69) is 21.2 Å². The van der Waals surface area contributed by atoms with Crippen LogP contribution in [0.25, 0.3) is 11.3 Å². The molecule has 0 aliphatic heterocycles. The Labute approximate surface area is 187 Å². The van der Waals surface area contributed by atoms with Crippen LogP contribution in [-0.4, -0.2) is 11.0 Å². The Bertz CT molecular complexity index is 1190. The Balaban J connectivity index is 1.61. The lowest BCUT2D eigenvalue weighted by atomic mass is 10.00. The molecule has 0 aliphatic carbocycles. The number of hydrogen-bond donors (Lipinski definition) is 2. The van der Waals surface area contributed by atoms with Crippen molar-refractivity contribution in [2.75, 3.05) is 5.32 Å². The summed E-state index contributed by atoms with van der Waals surface area (Å²) in [6, 6.07) is 25.1. The van der Waals surface area contributed by atoms with Crippen molar-refractivity contribution < 1.29 is 14.3 Å². The molecule has 0 unspecified atom stereocenters. The minimum atomic E-state index is -0.937. The van der Waals surface area contributed by atoms with Gasteiger partial charge in [-0.05, 0) is 42.0 Å². The summed E-state index contributed by atoms with van der Waals surface area (Å²) in [6.45, 7) is 0. The number of furan rings is 1. The van der Waals surface area contributed by atoms with Crippen molar-refractivity contribution in [2.24, 2.45) is 0 Å². The number of carbonyl (C=O) groups is 1. The Morgan fingerprint density at radius 2 is 1.70 bits per heavy atom. The molecular formula is C24H17BrClNO3. The molecule has 3 aromatic carbocycles. The number of carbonyl (C=O) groups excluding carboxylic acids is 1. The number of amides is 1. The van der Waals surface area contributed by atoms with Gasteiger partial charge in [0.15, 0.2) is 5.76 Å². The second-order valence-electron chi connectivity index (χ2n) is 6.64. The molecule has 1 heterocycles. The van der Waals surface area contributed by atoms with E-state index >= 15 is 0 Å². The van der Waals surface area contributed by atoms with Gasteiger partial charge in [0.1, 0.15) is 11.9 Å². The van der Waals surface area contributed by atoms with E-state index in [4.69, 9.17) is 16.0 Å². The molecule has 0 aliphatic rings. The van der Waals surface area contributed by atoms with Crippen molar-refractivity contribution in [3.8, 4) is 11.3 Å². The summed E-state index contributed by atoms with van der Waals surface area (Å²) in [5, 5.41) is 14.1. The van der Waals surface area contributed by atoms with E-state index in [1.54, 1.807) is 30.3 Å². The molecule has 1 atom stereocenters. The van der Waals surface area contributed by atoms with E-state index in [1.165, 1.54) is 0 Å². The molecule has 150 valence electrons. The largest absolute Gasteiger partial charge is 0.451 e. The van der Waals surface area contributed by atoms with Crippen LogP contribution in [0.5, 0.6) is 0 Å². The summed E-state index contributed by atoms with van der Waals surface area (Å²) in [6.07, 6.45) is -0.937. The zero-order valence-corrected chi connectivity index (χ0v) is 18.0. The van der Waals surface area contributed by atoms with Crippen LogP contribution >= 0.6 is 27.5 Å². The molecule has 0 spiro atoms. The Morgan fingerprint density at radius 3 is 2.47 bits per heavy atom. The van der Waals surface area contributed by atoms with Gasteiger partial charge in [0.05, 0.1) is 0 Å². The lowest BCUT2D eigenvalue weighted by molar-refractivity contribution is 0.0997. The first-order valence-electron chi connectivity index (χ1n) is 9.21. The Hall–Kier alpha value is -2.86. The van der Waals surface area contributed by atoms with Gasteiger partial charge in [-0.1, -0.05) is 76.1 Å². The van der Waals surface area contributed by atoms with Crippen LogP contribution in [0.15, 0.2) is 93.8 Å². The smallest absolute Gasteiger partial charge is 0.291 e. The van der Waals surface area contributed by atoms with E-state index in [1.807, 2.05) is 54.6 Å². The highest BCUT2D eigenvalue weighted by Gasteiger charge is 2.19. The fourth-order valence-corrected chi connectivity index (χ4v) is 3.80. The van der Waals surface area contributed by atoms with E-state index < -0.39 is 12.0 Å². The molecule has 0 bridgehead atoms. The summed E-state index contributed by atoms with van der Waals surface area (Å²) in [5.74, 6) is 0.321. The standard InChI is InChI=1S/C24H17BrClNO3/c25-19-9-5-4-8-17(19)21-12-13-22(30-21)24(29)27-20-11-10-16(26)14-18(20)23(28)15-6-2-1-3-7-15/h1-14,23,28H,(H,27,29)/t23-/m0/s1. The maximum atomic E-state index is 12.8. The number of anilines is 1. The molecule has 4 aromatic rings. The van der Waals surface area contributed by atoms with Crippen LogP contribution in [0.2, 0.25) is 5.02 Å². The SMILES string of the molecule is O=C(Nc1ccc(Cl)cc1[C@@H](O)c1ccccc1)c1ccc(-c2ccccc2Br)o1. The molecule has 6 heteroatoms. The lowest BCUT2D eigenvalue weighted by Gasteiger charge is -2.17. The molecule has 0 saturated carbocycles. The summed E-state index contributed by atoms with van der Waals surface area (Å²) in [5.41, 5.74) is 2.51. The molecule has 0 saturated heterocycles. The van der Waals surface area contributed by atoms with Gasteiger partial charge in [-0.25, -0.2) is 0 Å². The van der Waals surface area contributed by atoms with Crippen molar-refractivity contribution in [2.45, 2.75) is 6.10 Å². The number of rotatable bonds is 5. The number of nitrogens with one attached hydrogen (secondary N) is 1. The van der Waals surface area contributed by atoms with E-state index in [0.29, 0.717) is 27.6 Å². The molecule has 2 N–H and O–H groups in total. The number of hydrogen-bond acceptors (Lipinski definition) is 3. The van der Waals surface area contributed by atoms with Gasteiger partial charge in [-0.2, -0.15) is 0 Å².